The summed E-state index contributed by atoms with van der Waals surface area (Å²) in [7, 11) is 1.28. The number of nitrogens with one attached hydrogen (secondary N) is 1. The minimum absolute atomic E-state index is 0.372. The van der Waals surface area contributed by atoms with Crippen LogP contribution in [0.1, 0.15) is 31.6 Å². The number of aromatic nitrogens is 2. The lowest BCUT2D eigenvalue weighted by atomic mass is 9.87. The first-order valence-electron chi connectivity index (χ1n) is 7.91. The average molecular weight is 392 g/mol. The fourth-order valence-corrected chi connectivity index (χ4v) is 4.32. The summed E-state index contributed by atoms with van der Waals surface area (Å²) in [6, 6.07) is 0. The van der Waals surface area contributed by atoms with Crippen LogP contribution in [0.5, 0.6) is 0 Å². The molecular weight excluding hydrogens is 371 g/mol. The third-order valence-corrected chi connectivity index (χ3v) is 6.45. The molecule has 11 heteroatoms. The molecule has 2 aliphatic heterocycles. The van der Waals surface area contributed by atoms with Crippen molar-refractivity contribution in [1.82, 2.24) is 9.55 Å². The van der Waals surface area contributed by atoms with Gasteiger partial charge in [0.15, 0.2) is 6.23 Å². The third-order valence-electron chi connectivity index (χ3n) is 4.78. The van der Waals surface area contributed by atoms with Gasteiger partial charge in [0.2, 0.25) is 0 Å². The second-order valence-corrected chi connectivity index (χ2v) is 9.07. The maximum atomic E-state index is 12.3. The Morgan fingerprint density at radius 2 is 2.28 bits per heavy atom. The minimum atomic E-state index is -3.45. The SMILES string of the molecule is CC[C@@]12CCO[C@@H](C1OP(O)(=S)OC)[C@H](n1cc(C)c(=O)[nH]c1=O)O2. The van der Waals surface area contributed by atoms with Gasteiger partial charge in [-0.3, -0.25) is 18.9 Å². The molecule has 1 aromatic rings. The molecule has 25 heavy (non-hydrogen) atoms. The Hall–Kier alpha value is -0.870. The van der Waals surface area contributed by atoms with Gasteiger partial charge in [0.05, 0.1) is 6.61 Å². The number of hydrogen-bond acceptors (Lipinski definition) is 7. The molecule has 2 N–H and O–H groups in total. The molecule has 2 aliphatic rings. The highest BCUT2D eigenvalue weighted by molar-refractivity contribution is 8.07. The summed E-state index contributed by atoms with van der Waals surface area (Å²) in [5.74, 6) is 0. The van der Waals surface area contributed by atoms with Crippen molar-refractivity contribution < 1.29 is 23.4 Å². The van der Waals surface area contributed by atoms with Crippen LogP contribution in [-0.4, -0.2) is 46.0 Å². The van der Waals surface area contributed by atoms with Crippen molar-refractivity contribution in [3.8, 4) is 0 Å². The number of aromatic amines is 1. The van der Waals surface area contributed by atoms with E-state index in [1.54, 1.807) is 6.92 Å². The number of nitrogens with zero attached hydrogens (tertiary/aromatic N) is 1. The molecular formula is C14H21N2O7PS. The summed E-state index contributed by atoms with van der Waals surface area (Å²) < 4.78 is 23.8. The molecule has 0 radical (unpaired) electrons. The van der Waals surface area contributed by atoms with Crippen LogP contribution in [0.2, 0.25) is 0 Å². The third kappa shape index (κ3) is 3.28. The van der Waals surface area contributed by atoms with E-state index in [0.717, 1.165) is 0 Å². The Bertz CT molecular complexity index is 824. The van der Waals surface area contributed by atoms with E-state index in [4.69, 9.17) is 30.3 Å². The molecule has 0 amide bonds. The molecule has 2 saturated heterocycles. The van der Waals surface area contributed by atoms with Crippen LogP contribution in [0.4, 0.5) is 0 Å². The maximum Gasteiger partial charge on any atom is 0.330 e. The molecule has 1 aromatic heterocycles. The summed E-state index contributed by atoms with van der Waals surface area (Å²) in [6.07, 6.45) is 0.373. The highest BCUT2D eigenvalue weighted by Crippen LogP contribution is 2.54. The minimum Gasteiger partial charge on any atom is -0.371 e. The van der Waals surface area contributed by atoms with Crippen molar-refractivity contribution >= 4 is 18.5 Å². The molecule has 3 rings (SSSR count). The van der Waals surface area contributed by atoms with E-state index in [2.05, 4.69) is 4.98 Å². The number of rotatable bonds is 5. The molecule has 0 aliphatic carbocycles. The lowest BCUT2D eigenvalue weighted by Crippen LogP contribution is -2.49. The molecule has 0 saturated carbocycles. The first kappa shape index (κ1) is 18.9. The highest BCUT2D eigenvalue weighted by atomic mass is 32.5. The predicted molar refractivity (Wildman–Crippen MR) is 91.9 cm³/mol. The second kappa shape index (κ2) is 6.70. The molecule has 0 aromatic carbocycles. The predicted octanol–water partition coefficient (Wildman–Crippen LogP) is 0.560. The van der Waals surface area contributed by atoms with Crippen LogP contribution < -0.4 is 11.2 Å². The topological polar surface area (TPSA) is 112 Å². The lowest BCUT2D eigenvalue weighted by Gasteiger charge is -2.38. The standard InChI is InChI=1S/C14H21N2O7PS/c1-4-14-5-6-21-9(10(14)23-24(19,25)20-3)12(22-14)16-7-8(2)11(17)15-13(16)18/h7,9-10,12H,4-6H2,1-3H3,(H,19,25)(H,15,17,18)/t9-,10?,12+,14+,24?/m0/s1. The number of aryl methyl sites for hydroxylation is 1. The quantitative estimate of drug-likeness (QED) is 0.699. The van der Waals surface area contributed by atoms with Crippen LogP contribution in [-0.2, 0) is 30.3 Å². The summed E-state index contributed by atoms with van der Waals surface area (Å²) in [6.45, 7) is 0.495. The lowest BCUT2D eigenvalue weighted by molar-refractivity contribution is -0.117. The van der Waals surface area contributed by atoms with E-state index in [1.165, 1.54) is 17.9 Å². The zero-order valence-corrected chi connectivity index (χ0v) is 15.8. The molecule has 3 heterocycles. The van der Waals surface area contributed by atoms with Gasteiger partial charge < -0.3 is 18.9 Å². The Kier molecular flexibility index (Phi) is 5.06. The molecule has 2 unspecified atom stereocenters. The van der Waals surface area contributed by atoms with E-state index >= 15 is 0 Å². The zero-order chi connectivity index (χ0) is 18.4. The normalized spacial score (nSPS) is 34.0. The Labute approximate surface area is 149 Å². The van der Waals surface area contributed by atoms with Crippen molar-refractivity contribution in [3.05, 3.63) is 32.6 Å². The van der Waals surface area contributed by atoms with Crippen LogP contribution in [0.15, 0.2) is 15.8 Å². The van der Waals surface area contributed by atoms with E-state index in [9.17, 15) is 14.5 Å². The largest absolute Gasteiger partial charge is 0.371 e. The second-order valence-electron chi connectivity index (χ2n) is 6.17. The van der Waals surface area contributed by atoms with Crippen molar-refractivity contribution in [2.24, 2.45) is 0 Å². The van der Waals surface area contributed by atoms with E-state index in [0.29, 0.717) is 25.0 Å². The average Bonchev–Trinajstić information content (AvgIpc) is 2.73. The number of fused-ring (bicyclic) bond motifs is 2. The van der Waals surface area contributed by atoms with Gasteiger partial charge in [-0.25, -0.2) is 4.79 Å². The van der Waals surface area contributed by atoms with Crippen LogP contribution in [0.25, 0.3) is 0 Å². The zero-order valence-electron chi connectivity index (χ0n) is 14.1. The molecule has 9 nitrogen and oxygen atoms in total. The van der Waals surface area contributed by atoms with Crippen molar-refractivity contribution in [2.45, 2.75) is 50.7 Å². The molecule has 5 atom stereocenters. The van der Waals surface area contributed by atoms with Gasteiger partial charge in [-0.1, -0.05) is 6.92 Å². The first-order valence-corrected chi connectivity index (χ1v) is 10.5. The van der Waals surface area contributed by atoms with Crippen LogP contribution in [0, 0.1) is 6.92 Å². The monoisotopic (exact) mass is 392 g/mol. The molecule has 2 fully saturated rings. The first-order chi connectivity index (χ1) is 11.7. The number of H-pyrrole nitrogens is 1. The molecule has 2 bridgehead atoms. The van der Waals surface area contributed by atoms with E-state index in [1.807, 2.05) is 6.92 Å². The van der Waals surface area contributed by atoms with Crippen molar-refractivity contribution in [3.63, 3.8) is 0 Å². The van der Waals surface area contributed by atoms with Gasteiger partial charge in [0.25, 0.3) is 5.56 Å². The van der Waals surface area contributed by atoms with Crippen molar-refractivity contribution in [1.29, 1.82) is 0 Å². The molecule has 0 spiro atoms. The van der Waals surface area contributed by atoms with Gasteiger partial charge in [-0.2, -0.15) is 0 Å². The van der Waals surface area contributed by atoms with Gasteiger partial charge in [-0.15, -0.1) is 0 Å². The summed E-state index contributed by atoms with van der Waals surface area (Å²) in [4.78, 5) is 36.2. The van der Waals surface area contributed by atoms with Gasteiger partial charge in [-0.05, 0) is 25.2 Å². The molecule has 140 valence electrons. The Morgan fingerprint density at radius 1 is 1.56 bits per heavy atom. The number of ether oxygens (including phenoxy) is 2. The number of hydrogen-bond donors (Lipinski definition) is 2. The van der Waals surface area contributed by atoms with Crippen molar-refractivity contribution in [2.75, 3.05) is 13.7 Å². The highest BCUT2D eigenvalue weighted by Gasteiger charge is 2.60. The smallest absolute Gasteiger partial charge is 0.330 e. The van der Waals surface area contributed by atoms with Gasteiger partial charge >= 0.3 is 12.4 Å². The van der Waals surface area contributed by atoms with Gasteiger partial charge in [0, 0.05) is 25.3 Å². The van der Waals surface area contributed by atoms with Crippen LogP contribution in [0.3, 0.4) is 0 Å². The summed E-state index contributed by atoms with van der Waals surface area (Å²) >= 11 is 4.97. The Morgan fingerprint density at radius 3 is 2.92 bits per heavy atom. The van der Waals surface area contributed by atoms with E-state index in [-0.39, 0.29) is 0 Å². The van der Waals surface area contributed by atoms with Crippen LogP contribution >= 0.6 is 6.72 Å². The Balaban J connectivity index is 2.04. The fourth-order valence-electron chi connectivity index (χ4n) is 3.36. The summed E-state index contributed by atoms with van der Waals surface area (Å²) in [5, 5.41) is 0. The maximum absolute atomic E-state index is 12.3. The fraction of sp³-hybridized carbons (Fsp3) is 0.714. The van der Waals surface area contributed by atoms with Gasteiger partial charge in [0.1, 0.15) is 17.8 Å². The van der Waals surface area contributed by atoms with E-state index < -0.39 is 42.0 Å². The summed E-state index contributed by atoms with van der Waals surface area (Å²) in [5.41, 5.74) is -1.44.